The number of hydrogen-bond donors (Lipinski definition) is 1. The molecule has 2 N–H and O–H groups in total. The Morgan fingerprint density at radius 2 is 2.00 bits per heavy atom. The Morgan fingerprint density at radius 3 is 2.56 bits per heavy atom. The van der Waals surface area contributed by atoms with Gasteiger partial charge in [-0.15, -0.1) is 0 Å². The summed E-state index contributed by atoms with van der Waals surface area (Å²) in [5.41, 5.74) is 8.41. The Kier molecular flexibility index (Phi) is 4.43. The Balaban J connectivity index is 2.91. The highest BCUT2D eigenvalue weighted by Crippen LogP contribution is 2.24. The molecule has 0 atom stereocenters. The van der Waals surface area contributed by atoms with E-state index < -0.39 is 0 Å². The lowest BCUT2D eigenvalue weighted by molar-refractivity contribution is -0.385. The summed E-state index contributed by atoms with van der Waals surface area (Å²) in [6.45, 7) is 4.37. The molecule has 0 aromatic heterocycles. The second kappa shape index (κ2) is 5.61. The highest BCUT2D eigenvalue weighted by atomic mass is 16.6. The summed E-state index contributed by atoms with van der Waals surface area (Å²) >= 11 is 0. The van der Waals surface area contributed by atoms with Gasteiger partial charge in [-0.05, 0) is 50.8 Å². The quantitative estimate of drug-likeness (QED) is 0.472. The van der Waals surface area contributed by atoms with Crippen LogP contribution in [0.25, 0.3) is 0 Å². The fraction of sp³-hybridized carbons (Fsp3) is 0.500. The zero-order valence-electron chi connectivity index (χ0n) is 9.82. The zero-order chi connectivity index (χ0) is 12.1. The third-order valence-corrected chi connectivity index (χ3v) is 2.82. The summed E-state index contributed by atoms with van der Waals surface area (Å²) in [6, 6.07) is 3.71. The molecule has 1 rings (SSSR count). The van der Waals surface area contributed by atoms with Gasteiger partial charge in [-0.2, -0.15) is 0 Å². The van der Waals surface area contributed by atoms with Gasteiger partial charge in [0.15, 0.2) is 0 Å². The third kappa shape index (κ3) is 3.03. The van der Waals surface area contributed by atoms with E-state index in [0.29, 0.717) is 6.54 Å². The van der Waals surface area contributed by atoms with Gasteiger partial charge in [-0.1, -0.05) is 6.07 Å². The van der Waals surface area contributed by atoms with E-state index in [-0.39, 0.29) is 10.6 Å². The maximum Gasteiger partial charge on any atom is 0.272 e. The van der Waals surface area contributed by atoms with Gasteiger partial charge in [0, 0.05) is 11.6 Å². The van der Waals surface area contributed by atoms with E-state index >= 15 is 0 Å². The van der Waals surface area contributed by atoms with Crippen molar-refractivity contribution in [1.29, 1.82) is 0 Å². The van der Waals surface area contributed by atoms with Crippen molar-refractivity contribution in [3.8, 4) is 0 Å². The largest absolute Gasteiger partial charge is 0.330 e. The van der Waals surface area contributed by atoms with Crippen molar-refractivity contribution in [2.24, 2.45) is 5.73 Å². The topological polar surface area (TPSA) is 69.2 Å². The van der Waals surface area contributed by atoms with Gasteiger partial charge in [0.2, 0.25) is 0 Å². The second-order valence-electron chi connectivity index (χ2n) is 4.06. The lowest BCUT2D eigenvalue weighted by Crippen LogP contribution is -2.00. The zero-order valence-corrected chi connectivity index (χ0v) is 9.82. The van der Waals surface area contributed by atoms with Gasteiger partial charge in [0.05, 0.1) is 4.92 Å². The molecular formula is C12H18N2O2. The van der Waals surface area contributed by atoms with E-state index in [1.807, 2.05) is 13.0 Å². The molecule has 0 aliphatic rings. The molecule has 0 aliphatic carbocycles. The van der Waals surface area contributed by atoms with Crippen molar-refractivity contribution < 1.29 is 4.92 Å². The predicted octanol–water partition coefficient (Wildman–Crippen LogP) is 2.49. The Hall–Kier alpha value is -1.42. The number of aryl methyl sites for hydroxylation is 2. The molecule has 4 heteroatoms. The van der Waals surface area contributed by atoms with E-state index in [9.17, 15) is 10.1 Å². The molecule has 1 aromatic carbocycles. The summed E-state index contributed by atoms with van der Waals surface area (Å²) < 4.78 is 0. The molecule has 0 aliphatic heterocycles. The monoisotopic (exact) mass is 222 g/mol. The lowest BCUT2D eigenvalue weighted by atomic mass is 10.0. The van der Waals surface area contributed by atoms with Crippen LogP contribution in [0.3, 0.4) is 0 Å². The smallest absolute Gasteiger partial charge is 0.272 e. The molecule has 0 radical (unpaired) electrons. The number of nitrogens with zero attached hydrogens (tertiary/aromatic N) is 1. The Bertz CT molecular complexity index is 389. The molecule has 0 fully saturated rings. The van der Waals surface area contributed by atoms with Crippen molar-refractivity contribution in [2.45, 2.75) is 33.1 Å². The number of hydrogen-bond acceptors (Lipinski definition) is 3. The first-order chi connectivity index (χ1) is 7.56. The van der Waals surface area contributed by atoms with E-state index in [0.717, 1.165) is 36.0 Å². The van der Waals surface area contributed by atoms with Crippen LogP contribution in [0.2, 0.25) is 0 Å². The van der Waals surface area contributed by atoms with Crippen LogP contribution in [0.5, 0.6) is 0 Å². The van der Waals surface area contributed by atoms with Crippen LogP contribution in [0, 0.1) is 24.0 Å². The molecule has 0 saturated heterocycles. The fourth-order valence-electron chi connectivity index (χ4n) is 1.72. The summed E-state index contributed by atoms with van der Waals surface area (Å²) in [4.78, 5) is 10.5. The number of nitro benzene ring substituents is 1. The van der Waals surface area contributed by atoms with Crippen molar-refractivity contribution in [3.63, 3.8) is 0 Å². The van der Waals surface area contributed by atoms with Crippen molar-refractivity contribution in [2.75, 3.05) is 6.54 Å². The number of nitro groups is 1. The predicted molar refractivity (Wildman–Crippen MR) is 64.6 cm³/mol. The molecule has 0 bridgehead atoms. The average molecular weight is 222 g/mol. The van der Waals surface area contributed by atoms with Crippen LogP contribution in [0.15, 0.2) is 12.1 Å². The van der Waals surface area contributed by atoms with Crippen LogP contribution >= 0.6 is 0 Å². The molecule has 0 heterocycles. The lowest BCUT2D eigenvalue weighted by Gasteiger charge is -2.06. The van der Waals surface area contributed by atoms with Crippen LogP contribution in [0.1, 0.15) is 29.5 Å². The van der Waals surface area contributed by atoms with Gasteiger partial charge in [-0.25, -0.2) is 0 Å². The maximum atomic E-state index is 10.8. The molecule has 0 spiro atoms. The van der Waals surface area contributed by atoms with Crippen LogP contribution in [-0.2, 0) is 6.42 Å². The normalized spacial score (nSPS) is 10.4. The minimum atomic E-state index is -0.311. The summed E-state index contributed by atoms with van der Waals surface area (Å²) in [7, 11) is 0. The van der Waals surface area contributed by atoms with Crippen LogP contribution in [0.4, 0.5) is 5.69 Å². The maximum absolute atomic E-state index is 10.8. The average Bonchev–Trinajstić information content (AvgIpc) is 2.23. The highest BCUT2D eigenvalue weighted by Gasteiger charge is 2.13. The SMILES string of the molecule is Cc1cc(CCCCN)cc([N+](=O)[O-])c1C. The molecule has 0 unspecified atom stereocenters. The molecule has 1 aromatic rings. The second-order valence-corrected chi connectivity index (χ2v) is 4.06. The highest BCUT2D eigenvalue weighted by molar-refractivity contribution is 5.47. The first kappa shape index (κ1) is 12.6. The Labute approximate surface area is 95.6 Å². The third-order valence-electron chi connectivity index (χ3n) is 2.82. The molecular weight excluding hydrogens is 204 g/mol. The van der Waals surface area contributed by atoms with Gasteiger partial charge < -0.3 is 5.73 Å². The van der Waals surface area contributed by atoms with Gasteiger partial charge >= 0.3 is 0 Å². The molecule has 16 heavy (non-hydrogen) atoms. The number of benzene rings is 1. The Morgan fingerprint density at radius 1 is 1.31 bits per heavy atom. The number of nitrogens with two attached hydrogens (primary N) is 1. The first-order valence-corrected chi connectivity index (χ1v) is 5.51. The summed E-state index contributed by atoms with van der Waals surface area (Å²) in [6.07, 6.45) is 2.80. The van der Waals surface area contributed by atoms with E-state index in [4.69, 9.17) is 5.73 Å². The number of rotatable bonds is 5. The summed E-state index contributed by atoms with van der Waals surface area (Å²) in [5.74, 6) is 0. The van der Waals surface area contributed by atoms with Crippen molar-refractivity contribution in [1.82, 2.24) is 0 Å². The van der Waals surface area contributed by atoms with E-state index in [2.05, 4.69) is 0 Å². The molecule has 88 valence electrons. The fourth-order valence-corrected chi connectivity index (χ4v) is 1.72. The van der Waals surface area contributed by atoms with E-state index in [1.165, 1.54) is 0 Å². The van der Waals surface area contributed by atoms with Crippen LogP contribution in [-0.4, -0.2) is 11.5 Å². The summed E-state index contributed by atoms with van der Waals surface area (Å²) in [5, 5.41) is 10.8. The van der Waals surface area contributed by atoms with Gasteiger partial charge in [-0.3, -0.25) is 10.1 Å². The van der Waals surface area contributed by atoms with Crippen molar-refractivity contribution in [3.05, 3.63) is 38.9 Å². The minimum absolute atomic E-state index is 0.225. The van der Waals surface area contributed by atoms with Gasteiger partial charge in [0.25, 0.3) is 5.69 Å². The van der Waals surface area contributed by atoms with Crippen molar-refractivity contribution >= 4 is 5.69 Å². The molecule has 0 amide bonds. The first-order valence-electron chi connectivity index (χ1n) is 5.51. The number of unbranched alkanes of at least 4 members (excludes halogenated alkanes) is 1. The van der Waals surface area contributed by atoms with Crippen LogP contribution < -0.4 is 5.73 Å². The minimum Gasteiger partial charge on any atom is -0.330 e. The molecule has 4 nitrogen and oxygen atoms in total. The molecule has 0 saturated carbocycles. The van der Waals surface area contributed by atoms with E-state index in [1.54, 1.807) is 13.0 Å². The standard InChI is InChI=1S/C12H18N2O2/c1-9-7-11(5-3-4-6-13)8-12(10(9)2)14(15)16/h7-8H,3-6,13H2,1-2H3. The van der Waals surface area contributed by atoms with Gasteiger partial charge in [0.1, 0.15) is 0 Å².